The molecule has 1 aromatic carbocycles. The molecule has 0 unspecified atom stereocenters. The van der Waals surface area contributed by atoms with Crippen molar-refractivity contribution in [2.45, 2.75) is 64.5 Å². The fraction of sp³-hybridized carbons (Fsp3) is 0.650. The Balaban J connectivity index is 1.84. The number of sulfone groups is 1. The van der Waals surface area contributed by atoms with E-state index in [1.165, 1.54) is 5.56 Å². The molecule has 1 saturated carbocycles. The summed E-state index contributed by atoms with van der Waals surface area (Å²) < 4.78 is 24.1. The molecule has 1 aliphatic rings. The quantitative estimate of drug-likeness (QED) is 0.747. The second kappa shape index (κ2) is 8.28. The van der Waals surface area contributed by atoms with E-state index in [9.17, 15) is 13.2 Å². The van der Waals surface area contributed by atoms with Crippen LogP contribution in [0.5, 0.6) is 0 Å². The zero-order valence-corrected chi connectivity index (χ0v) is 15.9. The monoisotopic (exact) mass is 350 g/mol. The first-order valence-electron chi connectivity index (χ1n) is 9.14. The van der Waals surface area contributed by atoms with Gasteiger partial charge in [-0.05, 0) is 63.0 Å². The highest BCUT2D eigenvalue weighted by atomic mass is 32.2. The zero-order chi connectivity index (χ0) is 17.7. The van der Waals surface area contributed by atoms with Gasteiger partial charge < -0.3 is 0 Å². The topological polar surface area (TPSA) is 51.2 Å². The van der Waals surface area contributed by atoms with Crippen molar-refractivity contribution in [2.75, 3.05) is 5.75 Å². The lowest BCUT2D eigenvalue weighted by molar-refractivity contribution is -0.123. The second-order valence-electron chi connectivity index (χ2n) is 7.41. The number of benzene rings is 1. The Hall–Kier alpha value is -1.16. The van der Waals surface area contributed by atoms with Crippen LogP contribution in [-0.2, 0) is 27.5 Å². The van der Waals surface area contributed by atoms with Crippen molar-refractivity contribution in [2.24, 2.45) is 11.8 Å². The van der Waals surface area contributed by atoms with Crippen LogP contribution in [0.2, 0.25) is 0 Å². The van der Waals surface area contributed by atoms with Gasteiger partial charge >= 0.3 is 0 Å². The summed E-state index contributed by atoms with van der Waals surface area (Å²) in [6.07, 6.45) is 4.91. The van der Waals surface area contributed by atoms with Gasteiger partial charge in [0.25, 0.3) is 0 Å². The Bertz CT molecular complexity index is 636. The van der Waals surface area contributed by atoms with Gasteiger partial charge in [-0.3, -0.25) is 4.79 Å². The Morgan fingerprint density at radius 2 is 1.58 bits per heavy atom. The average molecular weight is 351 g/mol. The maximum absolute atomic E-state index is 12.5. The van der Waals surface area contributed by atoms with Crippen LogP contribution in [0.15, 0.2) is 24.3 Å². The fourth-order valence-electron chi connectivity index (χ4n) is 3.41. The number of carbonyl (C=O) groups excluding carboxylic acids is 1. The number of ketones is 1. The molecule has 0 atom stereocenters. The molecule has 0 saturated heterocycles. The Kier molecular flexibility index (Phi) is 6.62. The summed E-state index contributed by atoms with van der Waals surface area (Å²) in [5, 5.41) is -0.303. The molecule has 0 aliphatic heterocycles. The number of hydrogen-bond acceptors (Lipinski definition) is 3. The molecule has 0 aromatic heterocycles. The van der Waals surface area contributed by atoms with Crippen molar-refractivity contribution in [3.05, 3.63) is 35.4 Å². The summed E-state index contributed by atoms with van der Waals surface area (Å²) in [7, 11) is -2.98. The summed E-state index contributed by atoms with van der Waals surface area (Å²) in [5.41, 5.74) is 2.37. The number of aryl methyl sites for hydroxylation is 1. The first-order chi connectivity index (χ1) is 11.3. The van der Waals surface area contributed by atoms with Gasteiger partial charge in [-0.15, -0.1) is 0 Å². The van der Waals surface area contributed by atoms with Crippen LogP contribution in [0, 0.1) is 11.8 Å². The maximum atomic E-state index is 12.5. The van der Waals surface area contributed by atoms with Gasteiger partial charge in [0.2, 0.25) is 0 Å². The van der Waals surface area contributed by atoms with Gasteiger partial charge in [-0.1, -0.05) is 31.2 Å². The summed E-state index contributed by atoms with van der Waals surface area (Å²) in [4.78, 5) is 12.5. The summed E-state index contributed by atoms with van der Waals surface area (Å²) in [6, 6.07) is 8.29. The minimum Gasteiger partial charge on any atom is -0.299 e. The smallest absolute Gasteiger partial charge is 0.152 e. The first-order valence-corrected chi connectivity index (χ1v) is 10.9. The molecule has 134 valence electrons. The molecule has 1 aromatic rings. The number of rotatable bonds is 7. The Morgan fingerprint density at radius 1 is 1.04 bits per heavy atom. The highest BCUT2D eigenvalue weighted by molar-refractivity contribution is 7.91. The molecule has 0 N–H and O–H groups in total. The van der Waals surface area contributed by atoms with Gasteiger partial charge in [0, 0.05) is 12.3 Å². The molecular weight excluding hydrogens is 320 g/mol. The number of Topliss-reactive ketones (excluding diaryl/α,β-unsaturated/α-hetero) is 1. The predicted octanol–water partition coefficient (Wildman–Crippen LogP) is 3.99. The molecule has 24 heavy (non-hydrogen) atoms. The van der Waals surface area contributed by atoms with Crippen molar-refractivity contribution < 1.29 is 13.2 Å². The van der Waals surface area contributed by atoms with E-state index in [0.717, 1.165) is 37.7 Å². The normalized spacial score (nSPS) is 21.8. The SMILES string of the molecule is CCc1ccc(CC(=O)C2CCC(CS(=O)(=O)C(C)C)CC2)cc1. The summed E-state index contributed by atoms with van der Waals surface area (Å²) in [6.45, 7) is 5.61. The van der Waals surface area contributed by atoms with E-state index in [1.54, 1.807) is 13.8 Å². The minimum absolute atomic E-state index is 0.105. The van der Waals surface area contributed by atoms with Gasteiger partial charge in [0.15, 0.2) is 9.84 Å². The van der Waals surface area contributed by atoms with Crippen molar-refractivity contribution in [1.82, 2.24) is 0 Å². The van der Waals surface area contributed by atoms with E-state index in [4.69, 9.17) is 0 Å². The molecule has 0 amide bonds. The van der Waals surface area contributed by atoms with E-state index < -0.39 is 9.84 Å². The molecule has 0 spiro atoms. The molecule has 2 rings (SSSR count). The van der Waals surface area contributed by atoms with Gasteiger partial charge in [-0.2, -0.15) is 0 Å². The zero-order valence-electron chi connectivity index (χ0n) is 15.1. The predicted molar refractivity (Wildman–Crippen MR) is 98.9 cm³/mol. The third-order valence-corrected chi connectivity index (χ3v) is 7.67. The number of carbonyl (C=O) groups is 1. The third-order valence-electron chi connectivity index (χ3n) is 5.30. The van der Waals surface area contributed by atoms with Crippen LogP contribution < -0.4 is 0 Å². The first kappa shape index (κ1) is 19.2. The second-order valence-corrected chi connectivity index (χ2v) is 10.0. The highest BCUT2D eigenvalue weighted by Crippen LogP contribution is 2.31. The lowest BCUT2D eigenvalue weighted by Gasteiger charge is -2.28. The molecule has 4 heteroatoms. The van der Waals surface area contributed by atoms with E-state index in [2.05, 4.69) is 31.2 Å². The van der Waals surface area contributed by atoms with Gasteiger partial charge in [0.05, 0.1) is 11.0 Å². The van der Waals surface area contributed by atoms with Crippen molar-refractivity contribution >= 4 is 15.6 Å². The number of hydrogen-bond donors (Lipinski definition) is 0. The summed E-state index contributed by atoms with van der Waals surface area (Å²) >= 11 is 0. The van der Waals surface area contributed by atoms with Crippen molar-refractivity contribution in [3.63, 3.8) is 0 Å². The van der Waals surface area contributed by atoms with Crippen LogP contribution in [0.3, 0.4) is 0 Å². The van der Waals surface area contributed by atoms with Gasteiger partial charge in [0.1, 0.15) is 5.78 Å². The lowest BCUT2D eigenvalue weighted by Crippen LogP contribution is -2.29. The van der Waals surface area contributed by atoms with Crippen molar-refractivity contribution in [3.8, 4) is 0 Å². The van der Waals surface area contributed by atoms with Crippen LogP contribution in [0.1, 0.15) is 57.6 Å². The Labute approximate surface area is 146 Å². The van der Waals surface area contributed by atoms with Crippen LogP contribution in [-0.4, -0.2) is 25.2 Å². The van der Waals surface area contributed by atoms with Crippen molar-refractivity contribution in [1.29, 1.82) is 0 Å². The maximum Gasteiger partial charge on any atom is 0.152 e. The standard InChI is InChI=1S/C20H30O3S/c1-4-16-5-7-17(8-6-16)13-20(21)19-11-9-18(10-12-19)14-24(22,23)15(2)3/h5-8,15,18-19H,4,9-14H2,1-3H3. The van der Waals surface area contributed by atoms with Crippen LogP contribution >= 0.6 is 0 Å². The Morgan fingerprint density at radius 3 is 2.08 bits per heavy atom. The van der Waals surface area contributed by atoms with E-state index >= 15 is 0 Å². The van der Waals surface area contributed by atoms with Crippen LogP contribution in [0.4, 0.5) is 0 Å². The molecule has 0 radical (unpaired) electrons. The summed E-state index contributed by atoms with van der Waals surface area (Å²) in [5.74, 6) is 0.924. The molecule has 1 aliphatic carbocycles. The molecule has 3 nitrogen and oxygen atoms in total. The minimum atomic E-state index is -2.98. The molecule has 1 fully saturated rings. The van der Waals surface area contributed by atoms with Gasteiger partial charge in [-0.25, -0.2) is 8.42 Å². The van der Waals surface area contributed by atoms with E-state index in [0.29, 0.717) is 12.2 Å². The van der Waals surface area contributed by atoms with E-state index in [-0.39, 0.29) is 22.8 Å². The van der Waals surface area contributed by atoms with E-state index in [1.807, 2.05) is 0 Å². The van der Waals surface area contributed by atoms with Crippen LogP contribution in [0.25, 0.3) is 0 Å². The molecule has 0 bridgehead atoms. The molecule has 0 heterocycles. The third kappa shape index (κ3) is 5.17. The largest absolute Gasteiger partial charge is 0.299 e. The fourth-order valence-corrected chi connectivity index (χ4v) is 4.79. The highest BCUT2D eigenvalue weighted by Gasteiger charge is 2.29. The molecular formula is C20H30O3S. The average Bonchev–Trinajstić information content (AvgIpc) is 2.55. The lowest BCUT2D eigenvalue weighted by atomic mass is 9.79.